The lowest BCUT2D eigenvalue weighted by Crippen LogP contribution is -2.29. The molecule has 2 heterocycles. The summed E-state index contributed by atoms with van der Waals surface area (Å²) in [6.45, 7) is 3.82. The normalized spacial score (nSPS) is 12.4. The topological polar surface area (TPSA) is 68.4 Å². The van der Waals surface area contributed by atoms with E-state index in [1.807, 2.05) is 71.6 Å². The molecule has 4 rings (SSSR count). The van der Waals surface area contributed by atoms with Gasteiger partial charge in [-0.25, -0.2) is 4.52 Å². The number of amides is 1. The van der Waals surface area contributed by atoms with Gasteiger partial charge in [0, 0.05) is 21.6 Å². The Labute approximate surface area is 169 Å². The summed E-state index contributed by atoms with van der Waals surface area (Å²) < 4.78 is 4.61. The summed E-state index contributed by atoms with van der Waals surface area (Å²) in [5, 5.41) is 3.85. The third kappa shape index (κ3) is 3.01. The zero-order valence-electron chi connectivity index (χ0n) is 15.5. The molecule has 1 atom stereocenters. The van der Waals surface area contributed by atoms with Crippen molar-refractivity contribution in [1.29, 1.82) is 0 Å². The Balaban J connectivity index is 1.91. The highest BCUT2D eigenvalue weighted by atomic mass is 79.9. The average Bonchev–Trinajstić information content (AvgIpc) is 2.99. The molecular formula is C21H19BrN4O2. The molecule has 142 valence electrons. The van der Waals surface area contributed by atoms with Gasteiger partial charge in [-0.2, -0.15) is 4.98 Å². The van der Waals surface area contributed by atoms with Crippen molar-refractivity contribution in [3.05, 3.63) is 75.1 Å². The second kappa shape index (κ2) is 7.24. The summed E-state index contributed by atoms with van der Waals surface area (Å²) in [5.74, 6) is -0.129. The minimum absolute atomic E-state index is 0.129. The number of anilines is 1. The van der Waals surface area contributed by atoms with E-state index in [2.05, 4.69) is 26.2 Å². The van der Waals surface area contributed by atoms with Crippen LogP contribution in [0.5, 0.6) is 0 Å². The Morgan fingerprint density at radius 3 is 2.64 bits per heavy atom. The number of para-hydroxylation sites is 2. The number of fused-ring (bicyclic) bond motifs is 3. The van der Waals surface area contributed by atoms with Gasteiger partial charge < -0.3 is 5.32 Å². The van der Waals surface area contributed by atoms with Gasteiger partial charge in [0.2, 0.25) is 5.91 Å². The highest BCUT2D eigenvalue weighted by Gasteiger charge is 2.25. The van der Waals surface area contributed by atoms with E-state index >= 15 is 0 Å². The van der Waals surface area contributed by atoms with Gasteiger partial charge in [0.05, 0.1) is 11.2 Å². The van der Waals surface area contributed by atoms with Crippen molar-refractivity contribution in [1.82, 2.24) is 14.2 Å². The van der Waals surface area contributed by atoms with E-state index < -0.39 is 6.04 Å². The Morgan fingerprint density at radius 1 is 1.18 bits per heavy atom. The molecule has 0 aliphatic heterocycles. The van der Waals surface area contributed by atoms with Gasteiger partial charge in [0.1, 0.15) is 6.04 Å². The Bertz CT molecular complexity index is 1260. The first-order valence-electron chi connectivity index (χ1n) is 9.06. The summed E-state index contributed by atoms with van der Waals surface area (Å²) in [4.78, 5) is 29.4. The van der Waals surface area contributed by atoms with E-state index in [0.717, 1.165) is 21.1 Å². The maximum Gasteiger partial charge on any atom is 0.273 e. The lowest BCUT2D eigenvalue weighted by atomic mass is 10.2. The van der Waals surface area contributed by atoms with Crippen LogP contribution < -0.4 is 10.9 Å². The molecule has 0 radical (unpaired) electrons. The van der Waals surface area contributed by atoms with E-state index in [4.69, 9.17) is 0 Å². The molecule has 4 aromatic rings. The third-order valence-corrected chi connectivity index (χ3v) is 5.50. The zero-order valence-corrected chi connectivity index (χ0v) is 17.1. The number of carbonyl (C=O) groups is 1. The maximum absolute atomic E-state index is 13.2. The molecule has 7 heteroatoms. The van der Waals surface area contributed by atoms with Crippen LogP contribution in [0.15, 0.2) is 63.9 Å². The number of rotatable bonds is 4. The summed E-state index contributed by atoms with van der Waals surface area (Å²) in [6, 6.07) is 16.2. The van der Waals surface area contributed by atoms with Crippen molar-refractivity contribution in [2.24, 2.45) is 0 Å². The van der Waals surface area contributed by atoms with Crippen molar-refractivity contribution < 1.29 is 4.79 Å². The summed E-state index contributed by atoms with van der Waals surface area (Å²) in [7, 11) is 0. The molecule has 6 nitrogen and oxygen atoms in total. The summed E-state index contributed by atoms with van der Waals surface area (Å²) >= 11 is 3.47. The van der Waals surface area contributed by atoms with Gasteiger partial charge in [-0.3, -0.25) is 14.3 Å². The van der Waals surface area contributed by atoms with Gasteiger partial charge in [-0.1, -0.05) is 31.2 Å². The van der Waals surface area contributed by atoms with Crippen LogP contribution in [0.2, 0.25) is 0 Å². The molecule has 1 amide bonds. The quantitative estimate of drug-likeness (QED) is 0.515. The van der Waals surface area contributed by atoms with Gasteiger partial charge >= 0.3 is 0 Å². The third-order valence-electron chi connectivity index (χ3n) is 4.81. The Hall–Kier alpha value is -2.93. The molecular weight excluding hydrogens is 420 g/mol. The standard InChI is InChI=1S/C21H19BrN4O2/c1-3-17(21(28)23-16-10-6-5-9-15(16)22)26-18-11-7-4-8-14(18)20-24-19(27)12-13(2)25(20)26/h4-12,17H,3H2,1-2H3,(H,23,28)/t17-/m0/s1. The highest BCUT2D eigenvalue weighted by molar-refractivity contribution is 9.10. The van der Waals surface area contributed by atoms with Crippen LogP contribution in [0.3, 0.4) is 0 Å². The van der Waals surface area contributed by atoms with E-state index in [1.54, 1.807) is 0 Å². The van der Waals surface area contributed by atoms with Crippen LogP contribution in [0, 0.1) is 6.92 Å². The molecule has 0 saturated heterocycles. The van der Waals surface area contributed by atoms with E-state index in [9.17, 15) is 9.59 Å². The first-order valence-corrected chi connectivity index (χ1v) is 9.85. The van der Waals surface area contributed by atoms with Gasteiger partial charge in [0.25, 0.3) is 5.56 Å². The van der Waals surface area contributed by atoms with Crippen molar-refractivity contribution >= 4 is 44.1 Å². The number of aryl methyl sites for hydroxylation is 1. The number of nitrogens with one attached hydrogen (secondary N) is 1. The lowest BCUT2D eigenvalue weighted by molar-refractivity contribution is -0.119. The number of halogens is 1. The molecule has 0 aliphatic carbocycles. The van der Waals surface area contributed by atoms with Crippen molar-refractivity contribution in [3.8, 4) is 0 Å². The first kappa shape index (κ1) is 18.4. The van der Waals surface area contributed by atoms with Crippen LogP contribution in [0.1, 0.15) is 25.1 Å². The van der Waals surface area contributed by atoms with Crippen LogP contribution in [-0.2, 0) is 4.79 Å². The number of carbonyl (C=O) groups excluding carboxylic acids is 1. The SMILES string of the molecule is CC[C@@H](C(=O)Nc1ccccc1Br)n1c2ccccc2c2nc(=O)cc(C)n21. The molecule has 0 saturated carbocycles. The second-order valence-electron chi connectivity index (χ2n) is 6.63. The van der Waals surface area contributed by atoms with Crippen molar-refractivity contribution in [3.63, 3.8) is 0 Å². The Kier molecular flexibility index (Phi) is 4.77. The smallest absolute Gasteiger partial charge is 0.273 e. The molecule has 0 unspecified atom stereocenters. The van der Waals surface area contributed by atoms with Gasteiger partial charge in [-0.05, 0) is 53.5 Å². The summed E-state index contributed by atoms with van der Waals surface area (Å²) in [6.07, 6.45) is 0.579. The maximum atomic E-state index is 13.2. The molecule has 28 heavy (non-hydrogen) atoms. The Morgan fingerprint density at radius 2 is 1.89 bits per heavy atom. The van der Waals surface area contributed by atoms with Gasteiger partial charge in [-0.15, -0.1) is 0 Å². The van der Waals surface area contributed by atoms with E-state index in [1.165, 1.54) is 6.07 Å². The molecule has 0 aliphatic rings. The van der Waals surface area contributed by atoms with Crippen LogP contribution in [0.4, 0.5) is 5.69 Å². The number of hydrogen-bond donors (Lipinski definition) is 1. The fourth-order valence-corrected chi connectivity index (χ4v) is 3.95. The van der Waals surface area contributed by atoms with E-state index in [0.29, 0.717) is 17.8 Å². The van der Waals surface area contributed by atoms with Crippen LogP contribution >= 0.6 is 15.9 Å². The number of hydrogen-bond acceptors (Lipinski definition) is 3. The molecule has 0 bridgehead atoms. The predicted molar refractivity (Wildman–Crippen MR) is 114 cm³/mol. The number of aromatic nitrogens is 3. The average molecular weight is 439 g/mol. The predicted octanol–water partition coefficient (Wildman–Crippen LogP) is 4.31. The van der Waals surface area contributed by atoms with Crippen LogP contribution in [0.25, 0.3) is 16.6 Å². The molecule has 0 spiro atoms. The van der Waals surface area contributed by atoms with Crippen molar-refractivity contribution in [2.45, 2.75) is 26.3 Å². The van der Waals surface area contributed by atoms with Gasteiger partial charge in [0.15, 0.2) is 5.65 Å². The minimum atomic E-state index is -0.475. The monoisotopic (exact) mass is 438 g/mol. The van der Waals surface area contributed by atoms with Crippen molar-refractivity contribution in [2.75, 3.05) is 5.32 Å². The first-order chi connectivity index (χ1) is 13.5. The molecule has 1 N–H and O–H groups in total. The molecule has 2 aromatic heterocycles. The number of benzene rings is 2. The largest absolute Gasteiger partial charge is 0.323 e. The molecule has 2 aromatic carbocycles. The highest BCUT2D eigenvalue weighted by Crippen LogP contribution is 2.28. The number of nitrogens with zero attached hydrogens (tertiary/aromatic N) is 3. The minimum Gasteiger partial charge on any atom is -0.323 e. The zero-order chi connectivity index (χ0) is 19.8. The summed E-state index contributed by atoms with van der Waals surface area (Å²) in [5.41, 5.74) is 2.59. The fourth-order valence-electron chi connectivity index (χ4n) is 3.56. The molecule has 0 fully saturated rings. The second-order valence-corrected chi connectivity index (χ2v) is 7.48. The lowest BCUT2D eigenvalue weighted by Gasteiger charge is -2.21. The fraction of sp³-hybridized carbons (Fsp3) is 0.190. The van der Waals surface area contributed by atoms with E-state index in [-0.39, 0.29) is 11.5 Å². The van der Waals surface area contributed by atoms with Crippen LogP contribution in [-0.4, -0.2) is 20.1 Å².